The van der Waals surface area contributed by atoms with Crippen LogP contribution in [0.3, 0.4) is 0 Å². The first-order valence-corrected chi connectivity index (χ1v) is 7.62. The Bertz CT molecular complexity index is 508. The van der Waals surface area contributed by atoms with Gasteiger partial charge in [-0.2, -0.15) is 4.98 Å². The van der Waals surface area contributed by atoms with Gasteiger partial charge in [0.1, 0.15) is 11.7 Å². The molecule has 0 saturated carbocycles. The summed E-state index contributed by atoms with van der Waals surface area (Å²) in [5, 5.41) is 3.41. The van der Waals surface area contributed by atoms with E-state index in [-0.39, 0.29) is 0 Å². The number of imidazole rings is 1. The van der Waals surface area contributed by atoms with Crippen molar-refractivity contribution in [3.63, 3.8) is 0 Å². The fourth-order valence-corrected chi connectivity index (χ4v) is 2.54. The molecule has 0 spiro atoms. The monoisotopic (exact) mass is 310 g/mol. The summed E-state index contributed by atoms with van der Waals surface area (Å²) in [5.41, 5.74) is 12.4. The molecule has 22 heavy (non-hydrogen) atoms. The lowest BCUT2D eigenvalue weighted by Gasteiger charge is -2.12. The summed E-state index contributed by atoms with van der Waals surface area (Å²) in [6.45, 7) is 3.38. The number of anilines is 1. The highest BCUT2D eigenvalue weighted by atomic mass is 16.5. The minimum absolute atomic E-state index is 0.311. The lowest BCUT2D eigenvalue weighted by molar-refractivity contribution is 0.110. The molecule has 5 N–H and O–H groups in total. The van der Waals surface area contributed by atoms with E-state index in [9.17, 15) is 0 Å². The predicted octanol–water partition coefficient (Wildman–Crippen LogP) is -0.0323. The molecule has 1 atom stereocenters. The van der Waals surface area contributed by atoms with Gasteiger partial charge in [-0.05, 0) is 25.8 Å². The molecule has 1 fully saturated rings. The number of aliphatic imine (C=N–C) groups is 1. The molecular formula is C14H26N6O2. The Morgan fingerprint density at radius 3 is 3.05 bits per heavy atom. The molecule has 0 amide bonds. The van der Waals surface area contributed by atoms with Crippen molar-refractivity contribution in [3.05, 3.63) is 5.69 Å². The molecule has 1 aliphatic rings. The largest absolute Gasteiger partial charge is 0.468 e. The predicted molar refractivity (Wildman–Crippen MR) is 86.3 cm³/mol. The van der Waals surface area contributed by atoms with Gasteiger partial charge in [-0.3, -0.25) is 9.56 Å². The summed E-state index contributed by atoms with van der Waals surface area (Å²) in [6, 6.07) is 0.457. The first-order chi connectivity index (χ1) is 10.7. The van der Waals surface area contributed by atoms with Crippen LogP contribution >= 0.6 is 0 Å². The second kappa shape index (κ2) is 8.00. The maximum absolute atomic E-state index is 6.09. The molecule has 1 aliphatic heterocycles. The van der Waals surface area contributed by atoms with Gasteiger partial charge in [-0.25, -0.2) is 0 Å². The maximum Gasteiger partial charge on any atom is 0.298 e. The number of nitrogens with zero attached hydrogens (tertiary/aromatic N) is 3. The van der Waals surface area contributed by atoms with E-state index in [2.05, 4.69) is 15.3 Å². The van der Waals surface area contributed by atoms with Crippen molar-refractivity contribution in [2.75, 3.05) is 39.6 Å². The molecule has 0 radical (unpaired) electrons. The number of methoxy groups -OCH3 is 1. The van der Waals surface area contributed by atoms with E-state index in [0.717, 1.165) is 39.0 Å². The van der Waals surface area contributed by atoms with Crippen LogP contribution in [0.15, 0.2) is 4.99 Å². The Morgan fingerprint density at radius 2 is 2.41 bits per heavy atom. The molecular weight excluding hydrogens is 284 g/mol. The zero-order valence-corrected chi connectivity index (χ0v) is 13.3. The third-order valence-corrected chi connectivity index (χ3v) is 3.77. The van der Waals surface area contributed by atoms with E-state index < -0.39 is 0 Å². The molecule has 0 aliphatic carbocycles. The SMILES string of the molecule is CN=C(N)c1nc(OC)n(CCCNCC2CCCO2)c1N. The lowest BCUT2D eigenvalue weighted by Crippen LogP contribution is -2.27. The van der Waals surface area contributed by atoms with E-state index in [0.29, 0.717) is 36.0 Å². The summed E-state index contributed by atoms with van der Waals surface area (Å²) in [4.78, 5) is 8.20. The first kappa shape index (κ1) is 16.6. The summed E-state index contributed by atoms with van der Waals surface area (Å²) < 4.78 is 12.7. The molecule has 2 heterocycles. The van der Waals surface area contributed by atoms with Crippen molar-refractivity contribution in [1.82, 2.24) is 14.9 Å². The molecule has 1 aromatic rings. The van der Waals surface area contributed by atoms with Crippen LogP contribution in [0.5, 0.6) is 6.01 Å². The number of amidine groups is 1. The number of nitrogens with two attached hydrogens (primary N) is 2. The van der Waals surface area contributed by atoms with Gasteiger partial charge >= 0.3 is 0 Å². The molecule has 124 valence electrons. The van der Waals surface area contributed by atoms with Gasteiger partial charge < -0.3 is 26.3 Å². The number of hydrogen-bond donors (Lipinski definition) is 3. The third-order valence-electron chi connectivity index (χ3n) is 3.77. The number of ether oxygens (including phenoxy) is 2. The average molecular weight is 310 g/mol. The Hall–Kier alpha value is -1.80. The number of aromatic nitrogens is 2. The van der Waals surface area contributed by atoms with Gasteiger partial charge in [0.25, 0.3) is 6.01 Å². The lowest BCUT2D eigenvalue weighted by atomic mass is 10.2. The molecule has 2 rings (SSSR count). The summed E-state index contributed by atoms with van der Waals surface area (Å²) >= 11 is 0. The number of rotatable bonds is 8. The number of nitrogen functional groups attached to an aromatic ring is 1. The summed E-state index contributed by atoms with van der Waals surface area (Å²) in [5.74, 6) is 0.796. The molecule has 0 bridgehead atoms. The van der Waals surface area contributed by atoms with Crippen LogP contribution in [0.25, 0.3) is 0 Å². The standard InChI is InChI=1S/C14H26N6O2/c1-17-12(15)11-13(16)20(14(19-11)21-2)7-4-6-18-9-10-5-3-8-22-10/h10,18H,3-9,16H2,1-2H3,(H2,15,17). The second-order valence-electron chi connectivity index (χ2n) is 5.29. The van der Waals surface area contributed by atoms with E-state index in [1.54, 1.807) is 14.2 Å². The molecule has 1 unspecified atom stereocenters. The van der Waals surface area contributed by atoms with Crippen molar-refractivity contribution in [2.24, 2.45) is 10.7 Å². The van der Waals surface area contributed by atoms with Gasteiger partial charge in [0.2, 0.25) is 0 Å². The van der Waals surface area contributed by atoms with Gasteiger partial charge in [-0.15, -0.1) is 0 Å². The van der Waals surface area contributed by atoms with Crippen LogP contribution in [0.2, 0.25) is 0 Å². The highest BCUT2D eigenvalue weighted by Crippen LogP contribution is 2.20. The van der Waals surface area contributed by atoms with E-state index in [1.165, 1.54) is 0 Å². The van der Waals surface area contributed by atoms with E-state index >= 15 is 0 Å². The van der Waals surface area contributed by atoms with Crippen molar-refractivity contribution >= 4 is 11.7 Å². The number of nitrogens with one attached hydrogen (secondary N) is 1. The van der Waals surface area contributed by atoms with Gasteiger partial charge in [-0.1, -0.05) is 0 Å². The zero-order valence-electron chi connectivity index (χ0n) is 13.3. The van der Waals surface area contributed by atoms with Crippen LogP contribution < -0.4 is 21.5 Å². The smallest absolute Gasteiger partial charge is 0.298 e. The van der Waals surface area contributed by atoms with Gasteiger partial charge in [0, 0.05) is 26.7 Å². The minimum atomic E-state index is 0.311. The summed E-state index contributed by atoms with van der Waals surface area (Å²) in [6.07, 6.45) is 3.58. The topological polar surface area (TPSA) is 113 Å². The number of hydrogen-bond acceptors (Lipinski definition) is 6. The van der Waals surface area contributed by atoms with Crippen LogP contribution in [0.4, 0.5) is 5.82 Å². The van der Waals surface area contributed by atoms with Crippen LogP contribution in [-0.2, 0) is 11.3 Å². The fourth-order valence-electron chi connectivity index (χ4n) is 2.54. The van der Waals surface area contributed by atoms with E-state index in [1.807, 2.05) is 4.57 Å². The molecule has 1 aromatic heterocycles. The molecule has 8 nitrogen and oxygen atoms in total. The third kappa shape index (κ3) is 3.89. The zero-order chi connectivity index (χ0) is 15.9. The van der Waals surface area contributed by atoms with Crippen LogP contribution in [0.1, 0.15) is 25.0 Å². The minimum Gasteiger partial charge on any atom is -0.468 e. The van der Waals surface area contributed by atoms with Crippen LogP contribution in [-0.4, -0.2) is 55.3 Å². The van der Waals surface area contributed by atoms with Crippen molar-refractivity contribution in [1.29, 1.82) is 0 Å². The van der Waals surface area contributed by atoms with Crippen molar-refractivity contribution < 1.29 is 9.47 Å². The van der Waals surface area contributed by atoms with Crippen molar-refractivity contribution in [3.8, 4) is 6.01 Å². The van der Waals surface area contributed by atoms with Crippen LogP contribution in [0, 0.1) is 0 Å². The summed E-state index contributed by atoms with van der Waals surface area (Å²) in [7, 11) is 3.17. The molecule has 8 heteroatoms. The van der Waals surface area contributed by atoms with E-state index in [4.69, 9.17) is 20.9 Å². The van der Waals surface area contributed by atoms with Gasteiger partial charge in [0.05, 0.1) is 13.2 Å². The Kier molecular flexibility index (Phi) is 6.02. The van der Waals surface area contributed by atoms with Crippen molar-refractivity contribution in [2.45, 2.75) is 31.9 Å². The fraction of sp³-hybridized carbons (Fsp3) is 0.714. The Balaban J connectivity index is 1.84. The van der Waals surface area contributed by atoms with Gasteiger partial charge in [0.15, 0.2) is 5.69 Å². The highest BCUT2D eigenvalue weighted by molar-refractivity contribution is 5.99. The second-order valence-corrected chi connectivity index (χ2v) is 5.29. The Morgan fingerprint density at radius 1 is 1.59 bits per heavy atom. The molecule has 1 saturated heterocycles. The quantitative estimate of drug-likeness (QED) is 0.353. The highest BCUT2D eigenvalue weighted by Gasteiger charge is 2.18. The Labute approximate surface area is 130 Å². The molecule has 0 aromatic carbocycles. The first-order valence-electron chi connectivity index (χ1n) is 7.62. The maximum atomic E-state index is 6.09. The normalized spacial score (nSPS) is 18.8. The average Bonchev–Trinajstić information content (AvgIpc) is 3.15.